The lowest BCUT2D eigenvalue weighted by atomic mass is 10.3. The highest BCUT2D eigenvalue weighted by atomic mass is 32.2. The quantitative estimate of drug-likeness (QED) is 0.729. The maximum Gasteiger partial charge on any atom is 0.155 e. The van der Waals surface area contributed by atoms with E-state index in [4.69, 9.17) is 15.2 Å². The average molecular weight is 259 g/mol. The number of anilines is 1. The molecular weight excluding hydrogens is 242 g/mol. The third kappa shape index (κ3) is 5.55. The molecule has 0 aliphatic rings. The van der Waals surface area contributed by atoms with Gasteiger partial charge in [0.25, 0.3) is 0 Å². The van der Waals surface area contributed by atoms with E-state index >= 15 is 0 Å². The van der Waals surface area contributed by atoms with Crippen LogP contribution in [0.15, 0.2) is 24.3 Å². The number of hydrogen-bond donors (Lipinski definition) is 1. The summed E-state index contributed by atoms with van der Waals surface area (Å²) in [6.07, 6.45) is 0. The van der Waals surface area contributed by atoms with Crippen LogP contribution in [0.2, 0.25) is 0 Å². The zero-order valence-corrected chi connectivity index (χ0v) is 10.6. The topological polar surface area (TPSA) is 78.6 Å². The van der Waals surface area contributed by atoms with Gasteiger partial charge >= 0.3 is 0 Å². The number of ether oxygens (including phenoxy) is 2. The number of methoxy groups -OCH3 is 1. The third-order valence-corrected chi connectivity index (χ3v) is 3.70. The van der Waals surface area contributed by atoms with Gasteiger partial charge in [-0.3, -0.25) is 0 Å². The molecule has 1 rings (SSSR count). The first kappa shape index (κ1) is 13.8. The third-order valence-electron chi connectivity index (χ3n) is 2.12. The molecule has 0 fully saturated rings. The molecular formula is C11H17NO4S. The highest BCUT2D eigenvalue weighted by Gasteiger charge is 2.10. The predicted molar refractivity (Wildman–Crippen MR) is 66.9 cm³/mol. The van der Waals surface area contributed by atoms with Gasteiger partial charge in [0.05, 0.1) is 18.1 Å². The molecule has 0 atom stereocenters. The fraction of sp³-hybridized carbons (Fsp3) is 0.455. The molecule has 0 radical (unpaired) electrons. The van der Waals surface area contributed by atoms with E-state index in [2.05, 4.69) is 0 Å². The van der Waals surface area contributed by atoms with Gasteiger partial charge in [-0.1, -0.05) is 6.07 Å². The number of nitrogen functional groups attached to an aromatic ring is 1. The molecule has 2 N–H and O–H groups in total. The molecule has 0 aliphatic carbocycles. The van der Waals surface area contributed by atoms with Gasteiger partial charge in [0.15, 0.2) is 9.84 Å². The number of hydrogen-bond acceptors (Lipinski definition) is 5. The summed E-state index contributed by atoms with van der Waals surface area (Å²) in [5, 5.41) is 0. The van der Waals surface area contributed by atoms with Crippen LogP contribution in [0.4, 0.5) is 5.69 Å². The summed E-state index contributed by atoms with van der Waals surface area (Å²) in [6, 6.07) is 6.88. The molecule has 0 spiro atoms. The summed E-state index contributed by atoms with van der Waals surface area (Å²) >= 11 is 0. The summed E-state index contributed by atoms with van der Waals surface area (Å²) in [5.74, 6) is 0.571. The maximum atomic E-state index is 11.5. The second-order valence-electron chi connectivity index (χ2n) is 3.57. The predicted octanol–water partition coefficient (Wildman–Crippen LogP) is 0.709. The van der Waals surface area contributed by atoms with Crippen molar-refractivity contribution < 1.29 is 17.9 Å². The minimum atomic E-state index is -3.11. The van der Waals surface area contributed by atoms with Crippen molar-refractivity contribution in [1.29, 1.82) is 0 Å². The number of rotatable bonds is 7. The second kappa shape index (κ2) is 6.46. The Kier molecular flexibility index (Phi) is 5.24. The van der Waals surface area contributed by atoms with Crippen LogP contribution in [0.3, 0.4) is 0 Å². The van der Waals surface area contributed by atoms with Crippen LogP contribution >= 0.6 is 0 Å². The molecule has 0 aliphatic heterocycles. The molecule has 0 heterocycles. The fourth-order valence-corrected chi connectivity index (χ4v) is 2.17. The lowest BCUT2D eigenvalue weighted by molar-refractivity contribution is 0.217. The maximum absolute atomic E-state index is 11.5. The van der Waals surface area contributed by atoms with E-state index in [9.17, 15) is 8.42 Å². The van der Waals surface area contributed by atoms with Crippen molar-refractivity contribution in [2.24, 2.45) is 0 Å². The lowest BCUT2D eigenvalue weighted by Gasteiger charge is -2.07. The van der Waals surface area contributed by atoms with Crippen LogP contribution in [0, 0.1) is 0 Å². The van der Waals surface area contributed by atoms with Crippen molar-refractivity contribution >= 4 is 15.5 Å². The molecule has 0 aromatic heterocycles. The molecule has 17 heavy (non-hydrogen) atoms. The van der Waals surface area contributed by atoms with Gasteiger partial charge in [-0.15, -0.1) is 0 Å². The van der Waals surface area contributed by atoms with E-state index in [0.29, 0.717) is 11.4 Å². The molecule has 0 saturated heterocycles. The van der Waals surface area contributed by atoms with Gasteiger partial charge in [-0.25, -0.2) is 8.42 Å². The Morgan fingerprint density at radius 1 is 1.24 bits per heavy atom. The zero-order chi connectivity index (χ0) is 12.7. The first-order valence-corrected chi connectivity index (χ1v) is 7.03. The number of nitrogens with two attached hydrogens (primary N) is 1. The first-order chi connectivity index (χ1) is 8.03. The summed E-state index contributed by atoms with van der Waals surface area (Å²) in [6.45, 7) is 0.329. The van der Waals surface area contributed by atoms with E-state index in [-0.39, 0.29) is 24.7 Å². The molecule has 0 saturated carbocycles. The Balaban J connectivity index is 2.37. The normalized spacial score (nSPS) is 11.4. The standard InChI is InChI=1S/C11H17NO4S/c1-15-5-7-17(13,14)8-6-16-11-4-2-3-10(12)9-11/h2-4,9H,5-8,12H2,1H3. The molecule has 0 amide bonds. The highest BCUT2D eigenvalue weighted by molar-refractivity contribution is 7.91. The molecule has 6 heteroatoms. The van der Waals surface area contributed by atoms with E-state index < -0.39 is 9.84 Å². The molecule has 0 bridgehead atoms. The van der Waals surface area contributed by atoms with Gasteiger partial charge in [0.1, 0.15) is 12.4 Å². The van der Waals surface area contributed by atoms with Gasteiger partial charge in [-0.2, -0.15) is 0 Å². The highest BCUT2D eigenvalue weighted by Crippen LogP contribution is 2.14. The van der Waals surface area contributed by atoms with E-state index in [1.54, 1.807) is 24.3 Å². The zero-order valence-electron chi connectivity index (χ0n) is 9.76. The first-order valence-electron chi connectivity index (χ1n) is 5.21. The molecule has 5 nitrogen and oxygen atoms in total. The number of sulfone groups is 1. The molecule has 96 valence electrons. The Labute approximate surface area is 101 Å². The summed E-state index contributed by atoms with van der Waals surface area (Å²) in [5.41, 5.74) is 6.15. The Bertz CT molecular complexity index is 445. The SMILES string of the molecule is COCCS(=O)(=O)CCOc1cccc(N)c1. The van der Waals surface area contributed by atoms with Crippen molar-refractivity contribution in [3.05, 3.63) is 24.3 Å². The van der Waals surface area contributed by atoms with Gasteiger partial charge in [-0.05, 0) is 12.1 Å². The summed E-state index contributed by atoms with van der Waals surface area (Å²) in [4.78, 5) is 0. The van der Waals surface area contributed by atoms with Crippen molar-refractivity contribution in [3.8, 4) is 5.75 Å². The minimum Gasteiger partial charge on any atom is -0.492 e. The summed E-state index contributed by atoms with van der Waals surface area (Å²) < 4.78 is 32.9. The largest absolute Gasteiger partial charge is 0.492 e. The minimum absolute atomic E-state index is 0.0176. The van der Waals surface area contributed by atoms with Crippen molar-refractivity contribution in [1.82, 2.24) is 0 Å². The fourth-order valence-electron chi connectivity index (χ4n) is 1.20. The summed E-state index contributed by atoms with van der Waals surface area (Å²) in [7, 11) is -1.63. The van der Waals surface area contributed by atoms with Gasteiger partial charge < -0.3 is 15.2 Å². The Hall–Kier alpha value is -1.27. The van der Waals surface area contributed by atoms with E-state index in [1.807, 2.05) is 0 Å². The van der Waals surface area contributed by atoms with Gasteiger partial charge in [0.2, 0.25) is 0 Å². The van der Waals surface area contributed by atoms with Crippen LogP contribution in [-0.2, 0) is 14.6 Å². The monoisotopic (exact) mass is 259 g/mol. The lowest BCUT2D eigenvalue weighted by Crippen LogP contribution is -2.19. The van der Waals surface area contributed by atoms with Crippen molar-refractivity contribution in [3.63, 3.8) is 0 Å². The Morgan fingerprint density at radius 2 is 1.94 bits per heavy atom. The van der Waals surface area contributed by atoms with Crippen LogP contribution in [-0.4, -0.2) is 40.2 Å². The van der Waals surface area contributed by atoms with Crippen LogP contribution in [0.5, 0.6) is 5.75 Å². The number of benzene rings is 1. The van der Waals surface area contributed by atoms with Gasteiger partial charge in [0, 0.05) is 18.9 Å². The smallest absolute Gasteiger partial charge is 0.155 e. The Morgan fingerprint density at radius 3 is 2.59 bits per heavy atom. The molecule has 1 aromatic rings. The van der Waals surface area contributed by atoms with Crippen LogP contribution in [0.25, 0.3) is 0 Å². The van der Waals surface area contributed by atoms with Crippen molar-refractivity contribution in [2.45, 2.75) is 0 Å². The van der Waals surface area contributed by atoms with E-state index in [1.165, 1.54) is 7.11 Å². The molecule has 1 aromatic carbocycles. The van der Waals surface area contributed by atoms with Crippen molar-refractivity contribution in [2.75, 3.05) is 37.6 Å². The van der Waals surface area contributed by atoms with Crippen LogP contribution < -0.4 is 10.5 Å². The average Bonchev–Trinajstić information content (AvgIpc) is 2.26. The second-order valence-corrected chi connectivity index (χ2v) is 5.87. The van der Waals surface area contributed by atoms with E-state index in [0.717, 1.165) is 0 Å². The molecule has 0 unspecified atom stereocenters. The van der Waals surface area contributed by atoms with Crippen LogP contribution in [0.1, 0.15) is 0 Å².